The van der Waals surface area contributed by atoms with Crippen molar-refractivity contribution < 1.29 is 29.0 Å². The molecule has 3 saturated heterocycles. The van der Waals surface area contributed by atoms with Gasteiger partial charge in [0.1, 0.15) is 11.6 Å². The molecule has 5 atom stereocenters. The number of nitrogens with zero attached hydrogens (tertiary/aromatic N) is 1. The fraction of sp³-hybridized carbons (Fsp3) is 0.875. The second-order valence-electron chi connectivity index (χ2n) is 9.82. The van der Waals surface area contributed by atoms with Gasteiger partial charge < -0.3 is 24.8 Å². The highest BCUT2D eigenvalue weighted by Gasteiger charge is 2.74. The molecule has 1 spiro atoms. The fourth-order valence-corrected chi connectivity index (χ4v) is 6.47. The molecule has 0 aromatic heterocycles. The van der Waals surface area contributed by atoms with Gasteiger partial charge in [0, 0.05) is 19.2 Å². The number of aliphatic hydroxyl groups is 1. The SMILES string of the molecule is CCOC(=O)[C@@H]1[C@@H]2CCC3(O2)C(C(=O)NC2CCCCC2)N(CCCCCCO)C(=O)[C@H]13. The van der Waals surface area contributed by atoms with Gasteiger partial charge in [-0.05, 0) is 45.4 Å². The van der Waals surface area contributed by atoms with E-state index in [0.29, 0.717) is 19.4 Å². The third kappa shape index (κ3) is 4.16. The molecule has 2 bridgehead atoms. The van der Waals surface area contributed by atoms with E-state index in [2.05, 4.69) is 5.32 Å². The van der Waals surface area contributed by atoms with Gasteiger partial charge in [-0.3, -0.25) is 14.4 Å². The van der Waals surface area contributed by atoms with Crippen LogP contribution in [0.25, 0.3) is 0 Å². The molecule has 1 aliphatic carbocycles. The number of likely N-dealkylation sites (tertiary alicyclic amines) is 1. The fourth-order valence-electron chi connectivity index (χ4n) is 6.47. The molecule has 1 saturated carbocycles. The van der Waals surface area contributed by atoms with Gasteiger partial charge in [-0.15, -0.1) is 0 Å². The molecule has 3 aliphatic heterocycles. The Morgan fingerprint density at radius 3 is 2.62 bits per heavy atom. The van der Waals surface area contributed by atoms with Gasteiger partial charge >= 0.3 is 5.97 Å². The molecule has 32 heavy (non-hydrogen) atoms. The number of fused-ring (bicyclic) bond motifs is 1. The molecule has 180 valence electrons. The molecule has 4 rings (SSSR count). The lowest BCUT2D eigenvalue weighted by molar-refractivity contribution is -0.154. The Labute approximate surface area is 190 Å². The molecule has 2 unspecified atom stereocenters. The highest BCUT2D eigenvalue weighted by atomic mass is 16.6. The quantitative estimate of drug-likeness (QED) is 0.389. The lowest BCUT2D eigenvalue weighted by Gasteiger charge is -2.35. The minimum Gasteiger partial charge on any atom is -0.466 e. The first kappa shape index (κ1) is 23.5. The summed E-state index contributed by atoms with van der Waals surface area (Å²) in [7, 11) is 0. The highest BCUT2D eigenvalue weighted by Crippen LogP contribution is 2.58. The van der Waals surface area contributed by atoms with Gasteiger partial charge in [-0.2, -0.15) is 0 Å². The van der Waals surface area contributed by atoms with E-state index in [4.69, 9.17) is 14.6 Å². The van der Waals surface area contributed by atoms with Crippen LogP contribution in [-0.2, 0) is 23.9 Å². The summed E-state index contributed by atoms with van der Waals surface area (Å²) < 4.78 is 11.7. The van der Waals surface area contributed by atoms with Gasteiger partial charge in [0.15, 0.2) is 0 Å². The van der Waals surface area contributed by atoms with E-state index in [1.54, 1.807) is 11.8 Å². The second-order valence-corrected chi connectivity index (χ2v) is 9.82. The van der Waals surface area contributed by atoms with Crippen molar-refractivity contribution in [2.45, 2.75) is 101 Å². The van der Waals surface area contributed by atoms with Gasteiger partial charge in [-0.1, -0.05) is 32.1 Å². The number of rotatable bonds is 10. The summed E-state index contributed by atoms with van der Waals surface area (Å²) in [5, 5.41) is 12.2. The van der Waals surface area contributed by atoms with Gasteiger partial charge in [0.25, 0.3) is 0 Å². The Morgan fingerprint density at radius 1 is 1.16 bits per heavy atom. The summed E-state index contributed by atoms with van der Waals surface area (Å²) in [6, 6.07) is -0.545. The van der Waals surface area contributed by atoms with Crippen LogP contribution in [0.2, 0.25) is 0 Å². The standard InChI is InChI=1S/C24H38N2O6/c1-2-31-23(30)18-17-12-13-24(32-17)19(18)22(29)26(14-8-3-4-9-15-27)20(24)21(28)25-16-10-6-5-7-11-16/h16-20,27H,2-15H2,1H3,(H,25,28)/t17-,18+,19-,20?,24?/m0/s1. The molecule has 0 radical (unpaired) electrons. The number of hydrogen-bond acceptors (Lipinski definition) is 6. The molecule has 2 amide bonds. The summed E-state index contributed by atoms with van der Waals surface area (Å²) in [6.07, 6.45) is 9.57. The van der Waals surface area contributed by atoms with Crippen molar-refractivity contribution in [3.8, 4) is 0 Å². The summed E-state index contributed by atoms with van der Waals surface area (Å²) in [6.45, 7) is 2.65. The zero-order valence-electron chi connectivity index (χ0n) is 19.2. The Hall–Kier alpha value is -1.67. The number of carbonyl (C=O) groups excluding carboxylic acids is 3. The predicted molar refractivity (Wildman–Crippen MR) is 117 cm³/mol. The minimum absolute atomic E-state index is 0.131. The third-order valence-corrected chi connectivity index (χ3v) is 7.87. The van der Waals surface area contributed by atoms with Gasteiger partial charge in [0.2, 0.25) is 11.8 Å². The van der Waals surface area contributed by atoms with Crippen LogP contribution in [-0.4, -0.2) is 71.3 Å². The van der Waals surface area contributed by atoms with E-state index >= 15 is 0 Å². The summed E-state index contributed by atoms with van der Waals surface area (Å²) in [5.74, 6) is -1.92. The molecule has 8 heteroatoms. The highest BCUT2D eigenvalue weighted by molar-refractivity contribution is 5.98. The van der Waals surface area contributed by atoms with Gasteiger partial charge in [-0.25, -0.2) is 0 Å². The second kappa shape index (κ2) is 10.1. The Balaban J connectivity index is 1.56. The lowest BCUT2D eigenvalue weighted by Crippen LogP contribution is -2.57. The van der Waals surface area contributed by atoms with Crippen LogP contribution in [0.1, 0.15) is 77.6 Å². The Morgan fingerprint density at radius 2 is 1.91 bits per heavy atom. The van der Waals surface area contributed by atoms with E-state index in [0.717, 1.165) is 51.4 Å². The lowest BCUT2D eigenvalue weighted by atomic mass is 9.70. The smallest absolute Gasteiger partial charge is 0.312 e. The van der Waals surface area contributed by atoms with Crippen molar-refractivity contribution >= 4 is 17.8 Å². The maximum atomic E-state index is 13.6. The molecule has 3 heterocycles. The zero-order chi connectivity index (χ0) is 22.7. The normalized spacial score (nSPS) is 34.1. The van der Waals surface area contributed by atoms with Crippen LogP contribution in [0.5, 0.6) is 0 Å². The van der Waals surface area contributed by atoms with E-state index in [1.165, 1.54) is 6.42 Å². The number of carbonyl (C=O) groups is 3. The van der Waals surface area contributed by atoms with Crippen molar-refractivity contribution in [1.82, 2.24) is 10.2 Å². The molecule has 2 N–H and O–H groups in total. The third-order valence-electron chi connectivity index (χ3n) is 7.87. The van der Waals surface area contributed by atoms with Crippen LogP contribution in [0.15, 0.2) is 0 Å². The topological polar surface area (TPSA) is 105 Å². The zero-order valence-corrected chi connectivity index (χ0v) is 19.2. The molecule has 4 fully saturated rings. The van der Waals surface area contributed by atoms with Crippen LogP contribution in [0, 0.1) is 11.8 Å². The molecular weight excluding hydrogens is 412 g/mol. The van der Waals surface area contributed by atoms with Crippen molar-refractivity contribution in [2.75, 3.05) is 19.8 Å². The number of esters is 1. The number of hydrogen-bond donors (Lipinski definition) is 2. The number of nitrogens with one attached hydrogen (secondary N) is 1. The van der Waals surface area contributed by atoms with E-state index in [-0.39, 0.29) is 43.1 Å². The van der Waals surface area contributed by atoms with E-state index in [1.807, 2.05) is 0 Å². The first-order valence-electron chi connectivity index (χ1n) is 12.6. The maximum Gasteiger partial charge on any atom is 0.312 e. The number of amides is 2. The van der Waals surface area contributed by atoms with Gasteiger partial charge in [0.05, 0.1) is 24.5 Å². The molecule has 8 nitrogen and oxygen atoms in total. The number of aliphatic hydroxyl groups excluding tert-OH is 1. The summed E-state index contributed by atoms with van der Waals surface area (Å²) in [5.41, 5.74) is -0.928. The van der Waals surface area contributed by atoms with Crippen LogP contribution in [0.4, 0.5) is 0 Å². The average molecular weight is 451 g/mol. The summed E-state index contributed by atoms with van der Waals surface area (Å²) in [4.78, 5) is 41.7. The van der Waals surface area contributed by atoms with Crippen LogP contribution in [0.3, 0.4) is 0 Å². The van der Waals surface area contributed by atoms with E-state index < -0.39 is 23.5 Å². The van der Waals surface area contributed by atoms with Crippen LogP contribution >= 0.6 is 0 Å². The minimum atomic E-state index is -0.928. The largest absolute Gasteiger partial charge is 0.466 e. The first-order chi connectivity index (χ1) is 15.5. The number of ether oxygens (including phenoxy) is 2. The summed E-state index contributed by atoms with van der Waals surface area (Å²) >= 11 is 0. The monoisotopic (exact) mass is 450 g/mol. The maximum absolute atomic E-state index is 13.6. The predicted octanol–water partition coefficient (Wildman–Crippen LogP) is 1.93. The average Bonchev–Trinajstić information content (AvgIpc) is 3.42. The Kier molecular flexibility index (Phi) is 7.40. The molecule has 0 aromatic carbocycles. The molecular formula is C24H38N2O6. The van der Waals surface area contributed by atoms with Crippen molar-refractivity contribution in [3.05, 3.63) is 0 Å². The van der Waals surface area contributed by atoms with Crippen LogP contribution < -0.4 is 5.32 Å². The Bertz CT molecular complexity index is 709. The molecule has 0 aromatic rings. The van der Waals surface area contributed by atoms with Crippen molar-refractivity contribution in [2.24, 2.45) is 11.8 Å². The van der Waals surface area contributed by atoms with E-state index in [9.17, 15) is 14.4 Å². The first-order valence-corrected chi connectivity index (χ1v) is 12.6. The number of unbranched alkanes of at least 4 members (excludes halogenated alkanes) is 3. The van der Waals surface area contributed by atoms with Crippen molar-refractivity contribution in [1.29, 1.82) is 0 Å². The molecule has 4 aliphatic rings. The van der Waals surface area contributed by atoms with Crippen molar-refractivity contribution in [3.63, 3.8) is 0 Å².